The van der Waals surface area contributed by atoms with Crippen LogP contribution in [0.1, 0.15) is 17.5 Å². The molecule has 0 bridgehead atoms. The minimum atomic E-state index is -0.223. The quantitative estimate of drug-likeness (QED) is 0.890. The van der Waals surface area contributed by atoms with Crippen LogP contribution in [0.2, 0.25) is 0 Å². The van der Waals surface area contributed by atoms with E-state index in [9.17, 15) is 9.18 Å². The van der Waals surface area contributed by atoms with Crippen LogP contribution in [0.15, 0.2) is 42.5 Å². The van der Waals surface area contributed by atoms with Gasteiger partial charge in [0, 0.05) is 50.5 Å². The number of rotatable bonds is 5. The molecule has 2 aromatic carbocycles. The van der Waals surface area contributed by atoms with Crippen molar-refractivity contribution < 1.29 is 9.18 Å². The second-order valence-corrected chi connectivity index (χ2v) is 6.79. The van der Waals surface area contributed by atoms with Gasteiger partial charge in [-0.1, -0.05) is 18.2 Å². The number of para-hydroxylation sites is 1. The first-order valence-corrected chi connectivity index (χ1v) is 9.13. The fraction of sp³-hybridized carbons (Fsp3) is 0.381. The van der Waals surface area contributed by atoms with Crippen molar-refractivity contribution in [1.82, 2.24) is 4.90 Å². The number of aryl methyl sites for hydroxylation is 2. The topological polar surface area (TPSA) is 35.6 Å². The zero-order valence-electron chi connectivity index (χ0n) is 15.5. The summed E-state index contributed by atoms with van der Waals surface area (Å²) in [5, 5.41) is 3.40. The van der Waals surface area contributed by atoms with Crippen molar-refractivity contribution in [3.05, 3.63) is 59.4 Å². The largest absolute Gasteiger partial charge is 0.384 e. The summed E-state index contributed by atoms with van der Waals surface area (Å²) in [5.41, 5.74) is 4.53. The highest BCUT2D eigenvalue weighted by atomic mass is 19.1. The molecule has 26 heavy (non-hydrogen) atoms. The van der Waals surface area contributed by atoms with E-state index in [2.05, 4.69) is 36.2 Å². The minimum absolute atomic E-state index is 0.183. The first-order chi connectivity index (χ1) is 12.5. The molecule has 1 saturated heterocycles. The first-order valence-electron chi connectivity index (χ1n) is 9.13. The Morgan fingerprint density at radius 1 is 1.00 bits per heavy atom. The van der Waals surface area contributed by atoms with E-state index in [1.807, 2.05) is 11.0 Å². The summed E-state index contributed by atoms with van der Waals surface area (Å²) >= 11 is 0. The van der Waals surface area contributed by atoms with Gasteiger partial charge in [0.1, 0.15) is 5.82 Å². The number of piperazine rings is 1. The normalized spacial score (nSPS) is 14.4. The molecule has 3 rings (SSSR count). The number of halogens is 1. The van der Waals surface area contributed by atoms with Crippen LogP contribution >= 0.6 is 0 Å². The molecule has 0 unspecified atom stereocenters. The van der Waals surface area contributed by atoms with Crippen molar-refractivity contribution in [2.45, 2.75) is 20.3 Å². The predicted molar refractivity (Wildman–Crippen MR) is 104 cm³/mol. The van der Waals surface area contributed by atoms with Gasteiger partial charge in [0.25, 0.3) is 0 Å². The van der Waals surface area contributed by atoms with E-state index in [0.717, 1.165) is 24.5 Å². The second kappa shape index (κ2) is 8.21. The van der Waals surface area contributed by atoms with E-state index in [-0.39, 0.29) is 11.7 Å². The number of benzene rings is 2. The Bertz CT molecular complexity index is 732. The molecule has 5 heteroatoms. The fourth-order valence-corrected chi connectivity index (χ4v) is 3.41. The molecule has 4 nitrogen and oxygen atoms in total. The summed E-state index contributed by atoms with van der Waals surface area (Å²) in [5.74, 6) is -0.0403. The maximum Gasteiger partial charge on any atom is 0.224 e. The van der Waals surface area contributed by atoms with Gasteiger partial charge >= 0.3 is 0 Å². The van der Waals surface area contributed by atoms with Crippen LogP contribution in [-0.2, 0) is 4.79 Å². The third-order valence-electron chi connectivity index (χ3n) is 4.95. The maximum absolute atomic E-state index is 13.0. The number of carbonyl (C=O) groups is 1. The van der Waals surface area contributed by atoms with E-state index < -0.39 is 0 Å². The van der Waals surface area contributed by atoms with Gasteiger partial charge in [0.05, 0.1) is 0 Å². The highest BCUT2D eigenvalue weighted by molar-refractivity contribution is 5.77. The molecule has 0 saturated carbocycles. The van der Waals surface area contributed by atoms with Crippen molar-refractivity contribution in [3.63, 3.8) is 0 Å². The van der Waals surface area contributed by atoms with E-state index in [4.69, 9.17) is 0 Å². The molecule has 0 aromatic heterocycles. The van der Waals surface area contributed by atoms with Gasteiger partial charge in [-0.05, 0) is 49.2 Å². The standard InChI is InChI=1S/C21H26FN3O/c1-16-4-3-5-17(2)21(16)23-11-10-20(26)25-14-12-24(13-15-25)19-8-6-18(22)7-9-19/h3-9,23H,10-15H2,1-2H3. The SMILES string of the molecule is Cc1cccc(C)c1NCCC(=O)N1CCN(c2ccc(F)cc2)CC1. The van der Waals surface area contributed by atoms with Crippen LogP contribution in [0.4, 0.5) is 15.8 Å². The second-order valence-electron chi connectivity index (χ2n) is 6.79. The van der Waals surface area contributed by atoms with E-state index in [1.165, 1.54) is 23.3 Å². The highest BCUT2D eigenvalue weighted by Crippen LogP contribution is 2.20. The summed E-state index contributed by atoms with van der Waals surface area (Å²) in [7, 11) is 0. The van der Waals surface area contributed by atoms with Crippen LogP contribution in [0.3, 0.4) is 0 Å². The summed E-state index contributed by atoms with van der Waals surface area (Å²) in [6.45, 7) is 7.77. The Morgan fingerprint density at radius 3 is 2.23 bits per heavy atom. The average Bonchev–Trinajstić information content (AvgIpc) is 2.65. The van der Waals surface area contributed by atoms with Crippen molar-refractivity contribution in [1.29, 1.82) is 0 Å². The van der Waals surface area contributed by atoms with Crippen molar-refractivity contribution in [2.24, 2.45) is 0 Å². The average molecular weight is 355 g/mol. The lowest BCUT2D eigenvalue weighted by molar-refractivity contribution is -0.131. The zero-order valence-corrected chi connectivity index (χ0v) is 15.5. The fourth-order valence-electron chi connectivity index (χ4n) is 3.41. The summed E-state index contributed by atoms with van der Waals surface area (Å²) in [4.78, 5) is 16.6. The number of amides is 1. The third-order valence-corrected chi connectivity index (χ3v) is 4.95. The van der Waals surface area contributed by atoms with Crippen LogP contribution in [0.25, 0.3) is 0 Å². The van der Waals surface area contributed by atoms with Crippen molar-refractivity contribution in [3.8, 4) is 0 Å². The Morgan fingerprint density at radius 2 is 1.62 bits per heavy atom. The molecule has 1 heterocycles. The number of nitrogens with zero attached hydrogens (tertiary/aromatic N) is 2. The van der Waals surface area contributed by atoms with Gasteiger partial charge in [-0.15, -0.1) is 0 Å². The molecule has 1 fully saturated rings. The van der Waals surface area contributed by atoms with Crippen LogP contribution < -0.4 is 10.2 Å². The minimum Gasteiger partial charge on any atom is -0.384 e. The number of hydrogen-bond acceptors (Lipinski definition) is 3. The Hall–Kier alpha value is -2.56. The molecule has 1 amide bonds. The smallest absolute Gasteiger partial charge is 0.224 e. The lowest BCUT2D eigenvalue weighted by Crippen LogP contribution is -2.49. The van der Waals surface area contributed by atoms with Gasteiger partial charge in [-0.25, -0.2) is 4.39 Å². The molecular weight excluding hydrogens is 329 g/mol. The number of anilines is 2. The van der Waals surface area contributed by atoms with Crippen LogP contribution in [-0.4, -0.2) is 43.5 Å². The predicted octanol–water partition coefficient (Wildman–Crippen LogP) is 3.59. The van der Waals surface area contributed by atoms with Crippen molar-refractivity contribution in [2.75, 3.05) is 42.9 Å². The Balaban J connectivity index is 1.46. The van der Waals surface area contributed by atoms with Crippen LogP contribution in [0, 0.1) is 19.7 Å². The van der Waals surface area contributed by atoms with E-state index in [0.29, 0.717) is 26.1 Å². The lowest BCUT2D eigenvalue weighted by atomic mass is 10.1. The maximum atomic E-state index is 13.0. The number of nitrogens with one attached hydrogen (secondary N) is 1. The van der Waals surface area contributed by atoms with Gasteiger partial charge in [-0.2, -0.15) is 0 Å². The summed E-state index contributed by atoms with van der Waals surface area (Å²) < 4.78 is 13.0. The monoisotopic (exact) mass is 355 g/mol. The zero-order chi connectivity index (χ0) is 18.5. The Kier molecular flexibility index (Phi) is 5.76. The van der Waals surface area contributed by atoms with E-state index >= 15 is 0 Å². The lowest BCUT2D eigenvalue weighted by Gasteiger charge is -2.36. The Labute approximate surface area is 154 Å². The molecule has 0 aliphatic carbocycles. The molecule has 0 radical (unpaired) electrons. The van der Waals surface area contributed by atoms with Crippen LogP contribution in [0.5, 0.6) is 0 Å². The van der Waals surface area contributed by atoms with Gasteiger partial charge < -0.3 is 15.1 Å². The molecule has 1 N–H and O–H groups in total. The first kappa shape index (κ1) is 18.2. The molecule has 1 aliphatic heterocycles. The molecular formula is C21H26FN3O. The van der Waals surface area contributed by atoms with Gasteiger partial charge in [0.2, 0.25) is 5.91 Å². The van der Waals surface area contributed by atoms with Gasteiger partial charge in [0.15, 0.2) is 0 Å². The van der Waals surface area contributed by atoms with E-state index in [1.54, 1.807) is 12.1 Å². The number of carbonyl (C=O) groups excluding carboxylic acids is 1. The summed E-state index contributed by atoms with van der Waals surface area (Å²) in [6, 6.07) is 12.7. The van der Waals surface area contributed by atoms with Gasteiger partial charge in [-0.3, -0.25) is 4.79 Å². The molecule has 0 atom stereocenters. The third kappa shape index (κ3) is 4.34. The molecule has 2 aromatic rings. The van der Waals surface area contributed by atoms with Crippen molar-refractivity contribution >= 4 is 17.3 Å². The molecule has 1 aliphatic rings. The molecule has 138 valence electrons. The number of hydrogen-bond donors (Lipinski definition) is 1. The molecule has 0 spiro atoms. The summed E-state index contributed by atoms with van der Waals surface area (Å²) in [6.07, 6.45) is 0.490. The highest BCUT2D eigenvalue weighted by Gasteiger charge is 2.21.